The van der Waals surface area contributed by atoms with Gasteiger partial charge in [0.25, 0.3) is 0 Å². The summed E-state index contributed by atoms with van der Waals surface area (Å²) in [6.45, 7) is 17.1. The van der Waals surface area contributed by atoms with Crippen LogP contribution in [0.5, 0.6) is 0 Å². The number of nitrogens with zero attached hydrogens (tertiary/aromatic N) is 2. The fraction of sp³-hybridized carbons (Fsp3) is 0.370. The van der Waals surface area contributed by atoms with Gasteiger partial charge in [-0.05, 0) is 68.8 Å². The summed E-state index contributed by atoms with van der Waals surface area (Å²) in [6, 6.07) is 6.65. The normalized spacial score (nSPS) is 13.7. The quantitative estimate of drug-likeness (QED) is 0.284. The second-order valence-electron chi connectivity index (χ2n) is 7.87. The van der Waals surface area contributed by atoms with E-state index in [1.807, 2.05) is 39.8 Å². The minimum atomic E-state index is -0.435. The molecule has 0 radical (unpaired) electrons. The van der Waals surface area contributed by atoms with Gasteiger partial charge in [0.2, 0.25) is 5.78 Å². The molecule has 35 heavy (non-hydrogen) atoms. The van der Waals surface area contributed by atoms with Gasteiger partial charge in [-0.25, -0.2) is 4.99 Å². The van der Waals surface area contributed by atoms with Crippen LogP contribution < -0.4 is 5.73 Å². The molecule has 0 spiro atoms. The Labute approximate surface area is 218 Å². The van der Waals surface area contributed by atoms with Gasteiger partial charge in [-0.3, -0.25) is 9.59 Å². The van der Waals surface area contributed by atoms with Gasteiger partial charge in [-0.2, -0.15) is 0 Å². The van der Waals surface area contributed by atoms with Gasteiger partial charge in [-0.15, -0.1) is 0 Å². The Balaban J connectivity index is 0.000000574. The van der Waals surface area contributed by atoms with Crippen molar-refractivity contribution in [1.82, 2.24) is 4.90 Å². The Morgan fingerprint density at radius 1 is 1.14 bits per heavy atom. The molecule has 0 bridgehead atoms. The van der Waals surface area contributed by atoms with Gasteiger partial charge >= 0.3 is 0 Å². The number of ketones is 1. The Hall–Kier alpha value is -2.51. The Morgan fingerprint density at radius 2 is 1.69 bits per heavy atom. The molecule has 0 saturated carbocycles. The fourth-order valence-corrected chi connectivity index (χ4v) is 3.83. The number of aldehydes is 1. The number of hydrogen-bond acceptors (Lipinski definition) is 6. The summed E-state index contributed by atoms with van der Waals surface area (Å²) in [5.74, 6) is -0.435. The molecule has 2 aromatic rings. The second kappa shape index (κ2) is 14.8. The maximum absolute atomic E-state index is 12.8. The zero-order chi connectivity index (χ0) is 26.7. The van der Waals surface area contributed by atoms with Crippen LogP contribution in [0.1, 0.15) is 58.2 Å². The first-order chi connectivity index (χ1) is 16.6. The highest BCUT2D eigenvalue weighted by Crippen LogP contribution is 2.30. The van der Waals surface area contributed by atoms with Crippen molar-refractivity contribution in [3.8, 4) is 0 Å². The number of benzene rings is 2. The summed E-state index contributed by atoms with van der Waals surface area (Å²) in [4.78, 5) is 30.6. The lowest BCUT2D eigenvalue weighted by Gasteiger charge is -2.21. The predicted molar refractivity (Wildman–Crippen MR) is 148 cm³/mol. The highest BCUT2D eigenvalue weighted by molar-refractivity contribution is 6.52. The number of hydrogen-bond donors (Lipinski definition) is 1. The van der Waals surface area contributed by atoms with E-state index >= 15 is 0 Å². The first-order valence-corrected chi connectivity index (χ1v) is 12.2. The third kappa shape index (κ3) is 8.58. The van der Waals surface area contributed by atoms with E-state index in [4.69, 9.17) is 33.7 Å². The van der Waals surface area contributed by atoms with Crippen molar-refractivity contribution in [1.29, 1.82) is 0 Å². The van der Waals surface area contributed by atoms with Crippen LogP contribution in [0, 0.1) is 13.8 Å². The first-order valence-electron chi connectivity index (χ1n) is 11.4. The van der Waals surface area contributed by atoms with E-state index in [0.29, 0.717) is 17.7 Å². The molecule has 1 saturated heterocycles. The average Bonchev–Trinajstić information content (AvgIpc) is 2.83. The number of Topliss-reactive ketones (excluding diaryl/α,β-unsaturated/α-hetero) is 1. The van der Waals surface area contributed by atoms with Gasteiger partial charge in [0.15, 0.2) is 6.29 Å². The molecular weight excluding hydrogens is 485 g/mol. The third-order valence-electron chi connectivity index (χ3n) is 5.18. The van der Waals surface area contributed by atoms with Crippen molar-refractivity contribution >= 4 is 52.4 Å². The lowest BCUT2D eigenvalue weighted by Crippen LogP contribution is -2.32. The molecule has 1 heterocycles. The van der Waals surface area contributed by atoms with E-state index < -0.39 is 5.78 Å². The summed E-state index contributed by atoms with van der Waals surface area (Å²) in [5, 5.41) is 0.193. The molecule has 6 nitrogen and oxygen atoms in total. The molecule has 190 valence electrons. The summed E-state index contributed by atoms with van der Waals surface area (Å²) in [6.07, 6.45) is 0.578. The molecule has 8 heteroatoms. The minimum absolute atomic E-state index is 0.0234. The van der Waals surface area contributed by atoms with Crippen molar-refractivity contribution in [3.63, 3.8) is 0 Å². The minimum Gasteiger partial charge on any atom is -0.399 e. The van der Waals surface area contributed by atoms with Crippen molar-refractivity contribution in [2.45, 2.75) is 34.6 Å². The molecule has 0 aliphatic carbocycles. The predicted octanol–water partition coefficient (Wildman–Crippen LogP) is 6.30. The molecule has 2 N–H and O–H groups in total. The number of carbonyl (C=O) groups excluding carboxylic acids is 2. The molecule has 3 rings (SSSR count). The summed E-state index contributed by atoms with van der Waals surface area (Å²) < 4.78 is 5.10. The van der Waals surface area contributed by atoms with Crippen molar-refractivity contribution in [2.24, 2.45) is 10.7 Å². The van der Waals surface area contributed by atoms with Crippen LogP contribution in [0.15, 0.2) is 35.8 Å². The lowest BCUT2D eigenvalue weighted by atomic mass is 10.0. The van der Waals surface area contributed by atoms with Gasteiger partial charge < -0.3 is 15.4 Å². The lowest BCUT2D eigenvalue weighted by molar-refractivity contribution is 0.0503. The molecule has 1 aliphatic heterocycles. The summed E-state index contributed by atoms with van der Waals surface area (Å²) >= 11 is 12.3. The highest BCUT2D eigenvalue weighted by atomic mass is 35.5. The average molecular weight is 521 g/mol. The van der Waals surface area contributed by atoms with Crippen molar-refractivity contribution in [2.75, 3.05) is 33.4 Å². The Bertz CT molecular complexity index is 1070. The topological polar surface area (TPSA) is 85.0 Å². The van der Waals surface area contributed by atoms with Crippen LogP contribution in [0.25, 0.3) is 5.70 Å². The maximum Gasteiger partial charge on any atom is 0.209 e. The fourth-order valence-electron chi connectivity index (χ4n) is 3.24. The van der Waals surface area contributed by atoms with E-state index in [2.05, 4.69) is 23.5 Å². The molecule has 0 atom stereocenters. The van der Waals surface area contributed by atoms with E-state index in [9.17, 15) is 9.59 Å². The van der Waals surface area contributed by atoms with E-state index in [1.165, 1.54) is 12.1 Å². The van der Waals surface area contributed by atoms with E-state index in [-0.39, 0.29) is 26.9 Å². The largest absolute Gasteiger partial charge is 0.399 e. The Morgan fingerprint density at radius 3 is 2.11 bits per heavy atom. The summed E-state index contributed by atoms with van der Waals surface area (Å²) in [7, 11) is 2.11. The SMILES string of the molecule is C=C(N)c1cc(C)c(N=C(C)C(=O)c2c(Cl)ccc(C=O)c2Cl)c(C)c1.CC.CN1CCOCC1. The number of aliphatic imine (C=N–C) groups is 1. The number of ether oxygens (including phenoxy) is 1. The number of nitrogens with two attached hydrogens (primary N) is 1. The number of rotatable bonds is 5. The standard InChI is InChI=1S/C20H18Cl2N2O2.C5H11NO.C2H6/c1-10-7-15(12(3)23)8-11(2)19(10)24-13(4)20(26)17-16(21)6-5-14(9-25)18(17)22;1-6-2-4-7-5-3-6;1-2/h5-9H,3,23H2,1-2,4H3;2-5H2,1H3;1-2H3. The second-order valence-corrected chi connectivity index (χ2v) is 8.65. The van der Waals surface area contributed by atoms with E-state index in [0.717, 1.165) is 43.0 Å². The highest BCUT2D eigenvalue weighted by Gasteiger charge is 2.20. The molecule has 0 amide bonds. The van der Waals surface area contributed by atoms with Gasteiger partial charge in [-0.1, -0.05) is 43.6 Å². The van der Waals surface area contributed by atoms with Gasteiger partial charge in [0.1, 0.15) is 0 Å². The Kier molecular flexibility index (Phi) is 12.9. The number of morpholine rings is 1. The molecule has 0 aromatic heterocycles. The zero-order valence-electron chi connectivity index (χ0n) is 21.4. The molecule has 1 fully saturated rings. The van der Waals surface area contributed by atoms with Crippen molar-refractivity contribution < 1.29 is 14.3 Å². The van der Waals surface area contributed by atoms with Gasteiger partial charge in [0, 0.05) is 24.4 Å². The third-order valence-corrected chi connectivity index (χ3v) is 5.90. The summed E-state index contributed by atoms with van der Waals surface area (Å²) in [5.41, 5.74) is 9.88. The van der Waals surface area contributed by atoms with Crippen LogP contribution in [0.4, 0.5) is 5.69 Å². The van der Waals surface area contributed by atoms with Gasteiger partial charge in [0.05, 0.1) is 40.2 Å². The van der Waals surface area contributed by atoms with E-state index in [1.54, 1.807) is 6.92 Å². The maximum atomic E-state index is 12.8. The molecular formula is C27H35Cl2N3O3. The number of aryl methyl sites for hydroxylation is 2. The van der Waals surface area contributed by atoms with Crippen LogP contribution in [-0.4, -0.2) is 56.0 Å². The van der Waals surface area contributed by atoms with Crippen LogP contribution >= 0.6 is 23.2 Å². The van der Waals surface area contributed by atoms with Crippen molar-refractivity contribution in [3.05, 3.63) is 68.7 Å². The number of carbonyl (C=O) groups is 2. The molecule has 1 aliphatic rings. The number of halogens is 2. The van der Waals surface area contributed by atoms with Crippen LogP contribution in [0.2, 0.25) is 10.0 Å². The smallest absolute Gasteiger partial charge is 0.209 e. The zero-order valence-corrected chi connectivity index (χ0v) is 22.9. The number of likely N-dealkylation sites (N-methyl/N-ethyl adjacent to an activating group) is 1. The monoisotopic (exact) mass is 519 g/mol. The van der Waals surface area contributed by atoms with Crippen LogP contribution in [0.3, 0.4) is 0 Å². The first kappa shape index (κ1) is 30.5. The molecule has 2 aromatic carbocycles. The molecule has 0 unspecified atom stereocenters. The van der Waals surface area contributed by atoms with Crippen LogP contribution in [-0.2, 0) is 4.74 Å².